The molecule has 0 saturated heterocycles. The van der Waals surface area contributed by atoms with Gasteiger partial charge in [-0.1, -0.05) is 0 Å². The highest BCUT2D eigenvalue weighted by atomic mass is 16.3. The van der Waals surface area contributed by atoms with Gasteiger partial charge in [-0.3, -0.25) is 0 Å². The summed E-state index contributed by atoms with van der Waals surface area (Å²) in [6, 6.07) is 7.99. The average molecular weight is 300 g/mol. The number of aromatic amines is 1. The van der Waals surface area contributed by atoms with E-state index in [1.165, 1.54) is 12.1 Å². The highest BCUT2D eigenvalue weighted by molar-refractivity contribution is 5.82. The Hall–Kier alpha value is -3.02. The molecule has 0 radical (unpaired) electrons. The number of H-pyrrole nitrogens is 1. The molecule has 2 aromatic carbocycles. The summed E-state index contributed by atoms with van der Waals surface area (Å²) in [6.07, 6.45) is 2.67. The van der Waals surface area contributed by atoms with Crippen LogP contribution in [-0.4, -0.2) is 32.0 Å². The fourth-order valence-corrected chi connectivity index (χ4v) is 2.40. The Balaban J connectivity index is 0.000000131. The minimum Gasteiger partial charge on any atom is -0.504 e. The largest absolute Gasteiger partial charge is 0.504 e. The van der Waals surface area contributed by atoms with Crippen molar-refractivity contribution in [1.29, 1.82) is 0 Å². The van der Waals surface area contributed by atoms with Gasteiger partial charge in [0.2, 0.25) is 0 Å². The number of phenols is 4. The first kappa shape index (κ1) is 13.9. The van der Waals surface area contributed by atoms with Gasteiger partial charge in [-0.15, -0.1) is 0 Å². The van der Waals surface area contributed by atoms with Crippen LogP contribution in [-0.2, 0) is 6.42 Å². The number of phenolic OH excluding ortho intramolecular Hbond substituents is 4. The lowest BCUT2D eigenvalue weighted by Crippen LogP contribution is -1.90. The maximum atomic E-state index is 9.11. The Morgan fingerprint density at radius 1 is 0.818 bits per heavy atom. The van der Waals surface area contributed by atoms with Gasteiger partial charge in [0.1, 0.15) is 0 Å². The molecule has 22 heavy (non-hydrogen) atoms. The molecule has 0 aliphatic carbocycles. The third kappa shape index (κ3) is 2.58. The predicted octanol–water partition coefficient (Wildman–Crippen LogP) is 2.64. The van der Waals surface area contributed by atoms with E-state index >= 15 is 0 Å². The lowest BCUT2D eigenvalue weighted by Gasteiger charge is -2.01. The van der Waals surface area contributed by atoms with Gasteiger partial charge >= 0.3 is 0 Å². The van der Waals surface area contributed by atoms with Crippen molar-refractivity contribution in [3.8, 4) is 23.0 Å². The van der Waals surface area contributed by atoms with E-state index in [1.54, 1.807) is 18.3 Å². The Labute approximate surface area is 126 Å². The zero-order chi connectivity index (χ0) is 15.7. The maximum absolute atomic E-state index is 9.11. The van der Waals surface area contributed by atoms with Crippen LogP contribution < -0.4 is 5.32 Å². The zero-order valence-corrected chi connectivity index (χ0v) is 11.7. The SMILES string of the molecule is Oc1cc2c(cc1O)NCC2.Oc1cc2cc[nH]c2cc1O. The van der Waals surface area contributed by atoms with Gasteiger partial charge in [-0.25, -0.2) is 0 Å². The van der Waals surface area contributed by atoms with Crippen molar-refractivity contribution >= 4 is 16.6 Å². The summed E-state index contributed by atoms with van der Waals surface area (Å²) < 4.78 is 0. The molecule has 0 amide bonds. The van der Waals surface area contributed by atoms with Crippen LogP contribution in [0.3, 0.4) is 0 Å². The van der Waals surface area contributed by atoms with Crippen LogP contribution in [0.1, 0.15) is 5.56 Å². The van der Waals surface area contributed by atoms with Crippen LogP contribution in [0.4, 0.5) is 5.69 Å². The molecule has 6 N–H and O–H groups in total. The van der Waals surface area contributed by atoms with Crippen molar-refractivity contribution in [3.63, 3.8) is 0 Å². The van der Waals surface area contributed by atoms with E-state index in [2.05, 4.69) is 10.3 Å². The molecular weight excluding hydrogens is 284 g/mol. The number of anilines is 1. The van der Waals surface area contributed by atoms with Crippen molar-refractivity contribution in [3.05, 3.63) is 42.1 Å². The molecule has 4 rings (SSSR count). The third-order valence-electron chi connectivity index (χ3n) is 3.56. The van der Waals surface area contributed by atoms with Crippen molar-refractivity contribution < 1.29 is 20.4 Å². The van der Waals surface area contributed by atoms with Gasteiger partial charge in [0.25, 0.3) is 0 Å². The maximum Gasteiger partial charge on any atom is 0.159 e. The van der Waals surface area contributed by atoms with E-state index in [9.17, 15) is 0 Å². The molecule has 1 aliphatic heterocycles. The minimum absolute atomic E-state index is 0.0348. The first-order chi connectivity index (χ1) is 10.5. The fourth-order valence-electron chi connectivity index (χ4n) is 2.40. The van der Waals surface area contributed by atoms with Crippen LogP contribution in [0.25, 0.3) is 10.9 Å². The number of hydrogen-bond acceptors (Lipinski definition) is 5. The van der Waals surface area contributed by atoms with Gasteiger partial charge in [0.05, 0.1) is 0 Å². The topological polar surface area (TPSA) is 109 Å². The molecule has 0 unspecified atom stereocenters. The van der Waals surface area contributed by atoms with Crippen molar-refractivity contribution in [2.45, 2.75) is 6.42 Å². The molecule has 0 saturated carbocycles. The van der Waals surface area contributed by atoms with Gasteiger partial charge in [0.15, 0.2) is 23.0 Å². The number of hydrogen-bond donors (Lipinski definition) is 6. The third-order valence-corrected chi connectivity index (χ3v) is 3.56. The minimum atomic E-state index is -0.0973. The van der Waals surface area contributed by atoms with E-state index < -0.39 is 0 Å². The summed E-state index contributed by atoms with van der Waals surface area (Å²) in [5.41, 5.74) is 2.82. The number of nitrogens with one attached hydrogen (secondary N) is 2. The van der Waals surface area contributed by atoms with Crippen LogP contribution in [0.5, 0.6) is 23.0 Å². The predicted molar refractivity (Wildman–Crippen MR) is 83.6 cm³/mol. The highest BCUT2D eigenvalue weighted by Gasteiger charge is 2.12. The second-order valence-corrected chi connectivity index (χ2v) is 5.08. The number of rotatable bonds is 0. The second-order valence-electron chi connectivity index (χ2n) is 5.08. The average Bonchev–Trinajstić information content (AvgIpc) is 3.09. The fraction of sp³-hybridized carbons (Fsp3) is 0.125. The molecule has 6 heteroatoms. The standard InChI is InChI=1S/C8H9NO2.C8H7NO2/c2*10-7-3-5-1-2-9-6(5)4-8(7)11/h3-4,9-11H,1-2H2;1-4,9-11H. The second kappa shape index (κ2) is 5.40. The number of fused-ring (bicyclic) bond motifs is 2. The van der Waals surface area contributed by atoms with Crippen LogP contribution in [0.15, 0.2) is 36.5 Å². The molecule has 3 aromatic rings. The molecule has 6 nitrogen and oxygen atoms in total. The van der Waals surface area contributed by atoms with E-state index in [0.29, 0.717) is 0 Å². The van der Waals surface area contributed by atoms with E-state index in [4.69, 9.17) is 20.4 Å². The van der Waals surface area contributed by atoms with Crippen molar-refractivity contribution in [2.75, 3.05) is 11.9 Å². The van der Waals surface area contributed by atoms with Crippen molar-refractivity contribution in [1.82, 2.24) is 4.98 Å². The molecule has 1 aromatic heterocycles. The smallest absolute Gasteiger partial charge is 0.159 e. The Morgan fingerprint density at radius 3 is 2.32 bits per heavy atom. The molecule has 0 spiro atoms. The van der Waals surface area contributed by atoms with Crippen LogP contribution in [0, 0.1) is 0 Å². The lowest BCUT2D eigenvalue weighted by atomic mass is 10.1. The summed E-state index contributed by atoms with van der Waals surface area (Å²) in [7, 11) is 0. The Kier molecular flexibility index (Phi) is 3.42. The van der Waals surface area contributed by atoms with Gasteiger partial charge in [-0.05, 0) is 30.2 Å². The van der Waals surface area contributed by atoms with E-state index in [-0.39, 0.29) is 23.0 Å². The number of benzene rings is 2. The summed E-state index contributed by atoms with van der Waals surface area (Å²) in [5, 5.41) is 40.3. The Bertz CT molecular complexity index is 761. The monoisotopic (exact) mass is 300 g/mol. The van der Waals surface area contributed by atoms with Gasteiger partial charge in [-0.2, -0.15) is 0 Å². The molecule has 1 aliphatic rings. The van der Waals surface area contributed by atoms with E-state index in [1.807, 2.05) is 6.07 Å². The molecule has 0 fully saturated rings. The zero-order valence-electron chi connectivity index (χ0n) is 11.7. The number of aromatic hydroxyl groups is 4. The molecule has 114 valence electrons. The normalized spacial score (nSPS) is 12.4. The summed E-state index contributed by atoms with van der Waals surface area (Å²) >= 11 is 0. The first-order valence-electron chi connectivity index (χ1n) is 6.82. The van der Waals surface area contributed by atoms with Gasteiger partial charge < -0.3 is 30.7 Å². The van der Waals surface area contributed by atoms with Crippen molar-refractivity contribution in [2.24, 2.45) is 0 Å². The van der Waals surface area contributed by atoms with Crippen LogP contribution >= 0.6 is 0 Å². The number of aromatic nitrogens is 1. The first-order valence-corrected chi connectivity index (χ1v) is 6.82. The summed E-state index contributed by atoms with van der Waals surface area (Å²) in [5.74, 6) is -0.275. The van der Waals surface area contributed by atoms with Gasteiger partial charge in [0, 0.05) is 41.5 Å². The lowest BCUT2D eigenvalue weighted by molar-refractivity contribution is 0.403. The Morgan fingerprint density at radius 2 is 1.50 bits per heavy atom. The van der Waals surface area contributed by atoms with E-state index in [0.717, 1.165) is 35.1 Å². The summed E-state index contributed by atoms with van der Waals surface area (Å²) in [6.45, 7) is 0.887. The molecule has 0 atom stereocenters. The molecular formula is C16H16N2O4. The quantitative estimate of drug-likeness (QED) is 0.282. The van der Waals surface area contributed by atoms with Crippen LogP contribution in [0.2, 0.25) is 0 Å². The highest BCUT2D eigenvalue weighted by Crippen LogP contribution is 2.33. The summed E-state index contributed by atoms with van der Waals surface area (Å²) in [4.78, 5) is 2.92. The molecule has 2 heterocycles. The molecule has 0 bridgehead atoms.